The molecular formula is C35H28ClNO. The summed E-state index contributed by atoms with van der Waals surface area (Å²) >= 11 is 6.32. The predicted molar refractivity (Wildman–Crippen MR) is 158 cm³/mol. The Balaban J connectivity index is 1.68. The molecule has 0 aromatic heterocycles. The lowest BCUT2D eigenvalue weighted by molar-refractivity contribution is 0.410. The summed E-state index contributed by atoms with van der Waals surface area (Å²) in [7, 11) is 1.76. The van der Waals surface area contributed by atoms with Crippen LogP contribution in [0.25, 0.3) is 11.1 Å². The van der Waals surface area contributed by atoms with E-state index in [1.54, 1.807) is 7.11 Å². The summed E-state index contributed by atoms with van der Waals surface area (Å²) in [6.45, 7) is 6.55. The van der Waals surface area contributed by atoms with Crippen LogP contribution in [-0.4, -0.2) is 7.11 Å². The number of methoxy groups -OCH3 is 1. The second-order valence-corrected chi connectivity index (χ2v) is 10.9. The van der Waals surface area contributed by atoms with Gasteiger partial charge < -0.3 is 9.64 Å². The molecule has 1 aliphatic carbocycles. The van der Waals surface area contributed by atoms with Crippen molar-refractivity contribution in [3.05, 3.63) is 141 Å². The Morgan fingerprint density at radius 1 is 0.605 bits per heavy atom. The first-order valence-electron chi connectivity index (χ1n) is 13.0. The zero-order valence-corrected chi connectivity index (χ0v) is 22.7. The quantitative estimate of drug-likeness (QED) is 0.228. The maximum atomic E-state index is 6.32. The first-order valence-corrected chi connectivity index (χ1v) is 13.4. The van der Waals surface area contributed by atoms with Gasteiger partial charge in [0.2, 0.25) is 0 Å². The Bertz CT molecular complexity index is 1750. The van der Waals surface area contributed by atoms with Gasteiger partial charge >= 0.3 is 0 Å². The van der Waals surface area contributed by atoms with Gasteiger partial charge in [0.25, 0.3) is 0 Å². The highest BCUT2D eigenvalue weighted by molar-refractivity contribution is 6.30. The molecule has 0 N–H and O–H groups in total. The summed E-state index contributed by atoms with van der Waals surface area (Å²) < 4.78 is 5.94. The van der Waals surface area contributed by atoms with Gasteiger partial charge in [0.15, 0.2) is 0 Å². The monoisotopic (exact) mass is 513 g/mol. The van der Waals surface area contributed by atoms with Crippen molar-refractivity contribution in [2.45, 2.75) is 26.2 Å². The topological polar surface area (TPSA) is 12.5 Å². The fraction of sp³-hybridized carbons (Fsp3) is 0.143. The van der Waals surface area contributed by atoms with Crippen molar-refractivity contribution in [2.75, 3.05) is 12.0 Å². The van der Waals surface area contributed by atoms with Crippen LogP contribution in [0.5, 0.6) is 5.75 Å². The van der Waals surface area contributed by atoms with E-state index in [2.05, 4.69) is 111 Å². The molecule has 2 aliphatic rings. The lowest BCUT2D eigenvalue weighted by Gasteiger charge is -2.45. The van der Waals surface area contributed by atoms with E-state index in [0.717, 1.165) is 27.7 Å². The molecule has 3 heteroatoms. The second kappa shape index (κ2) is 8.24. The van der Waals surface area contributed by atoms with Crippen LogP contribution in [0.1, 0.15) is 38.9 Å². The average Bonchev–Trinajstić information content (AvgIpc) is 3.20. The van der Waals surface area contributed by atoms with E-state index in [1.807, 2.05) is 12.1 Å². The smallest absolute Gasteiger partial charge is 0.122 e. The minimum Gasteiger partial charge on any atom is -0.496 e. The Morgan fingerprint density at radius 3 is 2.05 bits per heavy atom. The van der Waals surface area contributed by atoms with Crippen molar-refractivity contribution < 1.29 is 4.74 Å². The van der Waals surface area contributed by atoms with E-state index in [9.17, 15) is 0 Å². The van der Waals surface area contributed by atoms with Crippen LogP contribution in [0.4, 0.5) is 17.1 Å². The van der Waals surface area contributed by atoms with Crippen LogP contribution >= 0.6 is 11.6 Å². The average molecular weight is 514 g/mol. The van der Waals surface area contributed by atoms with E-state index < -0.39 is 5.41 Å². The van der Waals surface area contributed by atoms with Crippen LogP contribution in [0, 0.1) is 20.8 Å². The zero-order chi connectivity index (χ0) is 26.2. The van der Waals surface area contributed by atoms with Crippen LogP contribution in [-0.2, 0) is 5.41 Å². The largest absolute Gasteiger partial charge is 0.496 e. The van der Waals surface area contributed by atoms with Gasteiger partial charge in [0, 0.05) is 10.7 Å². The van der Waals surface area contributed by atoms with Crippen LogP contribution in [0.15, 0.2) is 97.1 Å². The molecule has 38 heavy (non-hydrogen) atoms. The molecule has 5 aromatic rings. The molecule has 1 atom stereocenters. The summed E-state index contributed by atoms with van der Waals surface area (Å²) in [4.78, 5) is 2.38. The highest BCUT2D eigenvalue weighted by Crippen LogP contribution is 2.64. The van der Waals surface area contributed by atoms with Crippen LogP contribution in [0.3, 0.4) is 0 Å². The molecule has 1 heterocycles. The van der Waals surface area contributed by atoms with Gasteiger partial charge in [-0.3, -0.25) is 0 Å². The van der Waals surface area contributed by atoms with Gasteiger partial charge in [-0.15, -0.1) is 0 Å². The lowest BCUT2D eigenvalue weighted by Crippen LogP contribution is -2.36. The molecule has 0 radical (unpaired) electrons. The normalized spacial score (nSPS) is 16.6. The number of aryl methyl sites for hydroxylation is 3. The molecule has 2 nitrogen and oxygen atoms in total. The van der Waals surface area contributed by atoms with E-state index in [4.69, 9.17) is 16.3 Å². The molecule has 7 rings (SSSR count). The van der Waals surface area contributed by atoms with Gasteiger partial charge in [-0.1, -0.05) is 66.2 Å². The Hall–Kier alpha value is -4.01. The molecule has 1 unspecified atom stereocenters. The van der Waals surface area contributed by atoms with Crippen LogP contribution < -0.4 is 9.64 Å². The zero-order valence-electron chi connectivity index (χ0n) is 22.0. The number of ether oxygens (including phenoxy) is 1. The third kappa shape index (κ3) is 2.95. The number of nitrogens with zero attached hydrogens (tertiary/aromatic N) is 1. The number of hydrogen-bond acceptors (Lipinski definition) is 2. The number of halogens is 1. The maximum Gasteiger partial charge on any atom is 0.122 e. The van der Waals surface area contributed by atoms with Crippen molar-refractivity contribution in [3.8, 4) is 16.9 Å². The summed E-state index contributed by atoms with van der Waals surface area (Å²) in [5.74, 6) is 0.897. The first kappa shape index (κ1) is 23.1. The molecule has 5 aromatic carbocycles. The van der Waals surface area contributed by atoms with E-state index in [0.29, 0.717) is 0 Å². The summed E-state index contributed by atoms with van der Waals surface area (Å²) in [6.07, 6.45) is 0. The fourth-order valence-corrected chi connectivity index (χ4v) is 6.75. The highest BCUT2D eigenvalue weighted by Gasteiger charge is 2.52. The minimum absolute atomic E-state index is 0.472. The molecular weight excluding hydrogens is 486 g/mol. The lowest BCUT2D eigenvalue weighted by atomic mass is 9.64. The van der Waals surface area contributed by atoms with E-state index in [-0.39, 0.29) is 0 Å². The molecule has 0 saturated heterocycles. The van der Waals surface area contributed by atoms with Crippen molar-refractivity contribution >= 4 is 28.7 Å². The number of fused-ring (bicyclic) bond motifs is 9. The summed E-state index contributed by atoms with van der Waals surface area (Å²) in [5, 5.41) is 0.728. The maximum absolute atomic E-state index is 6.32. The molecule has 1 spiro atoms. The number of hydrogen-bond donors (Lipinski definition) is 0. The van der Waals surface area contributed by atoms with Gasteiger partial charge in [0.1, 0.15) is 5.75 Å². The third-order valence-corrected chi connectivity index (χ3v) is 8.70. The Kier molecular flexibility index (Phi) is 5.02. The summed E-state index contributed by atoms with van der Waals surface area (Å²) in [5.41, 5.74) is 14.4. The predicted octanol–water partition coefficient (Wildman–Crippen LogP) is 9.42. The molecule has 1 aliphatic heterocycles. The number of para-hydroxylation sites is 1. The number of anilines is 3. The number of rotatable bonds is 2. The minimum atomic E-state index is -0.472. The molecule has 0 fully saturated rings. The van der Waals surface area contributed by atoms with E-state index in [1.165, 1.54) is 50.2 Å². The molecule has 0 amide bonds. The molecule has 0 saturated carbocycles. The second-order valence-electron chi connectivity index (χ2n) is 10.4. The SMILES string of the molecule is COc1cc2c(cc1C)N(c1ccc(Cl)cc1)c1ccccc1C21c2ccccc2-c2cc(C)c(C)cc21. The Labute approximate surface area is 229 Å². The fourth-order valence-electron chi connectivity index (χ4n) is 6.63. The standard InChI is InChI=1S/C35H28ClNO/c1-21-17-27-26-9-5-6-10-28(26)35(30(27)18-22(21)2)29-11-7-8-12-32(29)37(25-15-13-24(36)14-16-25)33-19-23(3)34(38-4)20-31(33)35/h5-20H,1-4H3. The molecule has 186 valence electrons. The Morgan fingerprint density at radius 2 is 1.29 bits per heavy atom. The number of benzene rings is 5. The first-order chi connectivity index (χ1) is 18.4. The van der Waals surface area contributed by atoms with Gasteiger partial charge in [-0.05, 0) is 113 Å². The van der Waals surface area contributed by atoms with E-state index >= 15 is 0 Å². The van der Waals surface area contributed by atoms with Crippen molar-refractivity contribution in [1.82, 2.24) is 0 Å². The van der Waals surface area contributed by atoms with Crippen molar-refractivity contribution in [2.24, 2.45) is 0 Å². The van der Waals surface area contributed by atoms with Crippen molar-refractivity contribution in [3.63, 3.8) is 0 Å². The third-order valence-electron chi connectivity index (χ3n) is 8.45. The van der Waals surface area contributed by atoms with Crippen molar-refractivity contribution in [1.29, 1.82) is 0 Å². The van der Waals surface area contributed by atoms with Gasteiger partial charge in [-0.2, -0.15) is 0 Å². The molecule has 0 bridgehead atoms. The summed E-state index contributed by atoms with van der Waals surface area (Å²) in [6, 6.07) is 35.2. The highest BCUT2D eigenvalue weighted by atomic mass is 35.5. The van der Waals surface area contributed by atoms with Gasteiger partial charge in [-0.25, -0.2) is 0 Å². The van der Waals surface area contributed by atoms with Crippen LogP contribution in [0.2, 0.25) is 5.02 Å². The van der Waals surface area contributed by atoms with Gasteiger partial charge in [0.05, 0.1) is 23.9 Å².